The maximum absolute atomic E-state index is 13.4. The molecule has 0 aliphatic heterocycles. The molecule has 18 heavy (non-hydrogen) atoms. The Kier molecular flexibility index (Phi) is 5.46. The van der Waals surface area contributed by atoms with Gasteiger partial charge in [0.15, 0.2) is 0 Å². The fourth-order valence-electron chi connectivity index (χ4n) is 1.28. The minimum absolute atomic E-state index is 0.292. The summed E-state index contributed by atoms with van der Waals surface area (Å²) in [4.78, 5) is 0. The Balaban J connectivity index is 3.18. The summed E-state index contributed by atoms with van der Waals surface area (Å²) in [6.07, 6.45) is 0.626. The van der Waals surface area contributed by atoms with Gasteiger partial charge in [0, 0.05) is 9.13 Å². The van der Waals surface area contributed by atoms with Crippen molar-refractivity contribution < 1.29 is 8.60 Å². The lowest BCUT2D eigenvalue weighted by atomic mass is 10.1. The average Bonchev–Trinajstić information content (AvgIpc) is 2.22. The summed E-state index contributed by atoms with van der Waals surface area (Å²) in [6, 6.07) is 4.74. The molecule has 0 heterocycles. The molecule has 0 bridgehead atoms. The van der Waals surface area contributed by atoms with E-state index in [0.29, 0.717) is 17.7 Å². The largest absolute Gasteiger partial charge is 0.234 e. The van der Waals surface area contributed by atoms with Crippen LogP contribution >= 0.6 is 22.6 Å². The molecule has 0 amide bonds. The fraction of sp³-hybridized carbons (Fsp3) is 0.462. The summed E-state index contributed by atoms with van der Waals surface area (Å²) in [7, 11) is -1.32. The summed E-state index contributed by atoms with van der Waals surface area (Å²) in [6.45, 7) is 7.54. The van der Waals surface area contributed by atoms with Crippen molar-refractivity contribution in [2.45, 2.75) is 38.9 Å². The average molecular weight is 381 g/mol. The van der Waals surface area contributed by atoms with E-state index < -0.39 is 15.7 Å². The highest BCUT2D eigenvalue weighted by atomic mass is 127. The molecule has 1 aromatic carbocycles. The van der Waals surface area contributed by atoms with E-state index in [1.165, 1.54) is 12.1 Å². The molecule has 0 N–H and O–H groups in total. The van der Waals surface area contributed by atoms with Gasteiger partial charge < -0.3 is 0 Å². The van der Waals surface area contributed by atoms with E-state index in [9.17, 15) is 8.60 Å². The standard InChI is InChI=1S/C13H17FINOS/c1-5-12(16-18(17)13(2,3)4)9-6-10(14)8-11(15)7-9/h6-8H,5H2,1-4H3. The number of halogens is 2. The SMILES string of the molecule is CCC(=NS(=O)C(C)(C)C)c1cc(F)cc(I)c1. The Labute approximate surface area is 124 Å². The van der Waals surface area contributed by atoms with Crippen LogP contribution in [0.3, 0.4) is 0 Å². The van der Waals surface area contributed by atoms with E-state index in [1.807, 2.05) is 33.8 Å². The Morgan fingerprint density at radius 1 is 1.39 bits per heavy atom. The predicted octanol–water partition coefficient (Wildman–Crippen LogP) is 4.09. The molecule has 0 fully saturated rings. The van der Waals surface area contributed by atoms with E-state index in [-0.39, 0.29) is 5.82 Å². The maximum atomic E-state index is 13.4. The highest BCUT2D eigenvalue weighted by Gasteiger charge is 2.20. The first-order valence-corrected chi connectivity index (χ1v) is 7.88. The molecule has 0 aromatic heterocycles. The second-order valence-corrected chi connectivity index (χ2v) is 8.06. The lowest BCUT2D eigenvalue weighted by Crippen LogP contribution is -2.21. The van der Waals surface area contributed by atoms with Crippen molar-refractivity contribution >= 4 is 39.3 Å². The molecule has 1 unspecified atom stereocenters. The van der Waals surface area contributed by atoms with E-state index >= 15 is 0 Å². The Hall–Kier alpha value is -0.300. The minimum atomic E-state index is -1.32. The van der Waals surface area contributed by atoms with Crippen LogP contribution in [0.4, 0.5) is 4.39 Å². The summed E-state index contributed by atoms with van der Waals surface area (Å²) >= 11 is 2.06. The van der Waals surface area contributed by atoms with Gasteiger partial charge in [-0.3, -0.25) is 0 Å². The second-order valence-electron chi connectivity index (χ2n) is 4.91. The van der Waals surface area contributed by atoms with Crippen molar-refractivity contribution in [2.24, 2.45) is 4.40 Å². The summed E-state index contributed by atoms with van der Waals surface area (Å²) in [5, 5.41) is 0. The number of hydrogen-bond acceptors (Lipinski definition) is 1. The van der Waals surface area contributed by atoms with Gasteiger partial charge in [0.1, 0.15) is 16.8 Å². The summed E-state index contributed by atoms with van der Waals surface area (Å²) < 4.78 is 30.0. The van der Waals surface area contributed by atoms with Gasteiger partial charge in [0.05, 0.1) is 10.5 Å². The van der Waals surface area contributed by atoms with E-state index in [0.717, 1.165) is 3.57 Å². The minimum Gasteiger partial charge on any atom is -0.234 e. The molecule has 0 aliphatic carbocycles. The number of benzene rings is 1. The molecule has 2 nitrogen and oxygen atoms in total. The van der Waals surface area contributed by atoms with Gasteiger partial charge in [-0.05, 0) is 68.0 Å². The molecule has 0 radical (unpaired) electrons. The summed E-state index contributed by atoms with van der Waals surface area (Å²) in [5.74, 6) is -0.292. The highest BCUT2D eigenvalue weighted by molar-refractivity contribution is 14.1. The monoisotopic (exact) mass is 381 g/mol. The molecule has 0 saturated heterocycles. The van der Waals surface area contributed by atoms with Gasteiger partial charge in [-0.2, -0.15) is 4.40 Å². The van der Waals surface area contributed by atoms with Gasteiger partial charge in [-0.15, -0.1) is 0 Å². The maximum Gasteiger partial charge on any atom is 0.145 e. The lowest BCUT2D eigenvalue weighted by Gasteiger charge is -2.15. The van der Waals surface area contributed by atoms with Crippen LogP contribution in [-0.2, 0) is 11.0 Å². The third-order valence-corrected chi connectivity index (χ3v) is 4.30. The number of rotatable bonds is 3. The second kappa shape index (κ2) is 6.23. The van der Waals surface area contributed by atoms with Crippen molar-refractivity contribution in [2.75, 3.05) is 0 Å². The first kappa shape index (κ1) is 15.8. The molecule has 1 atom stereocenters. The van der Waals surface area contributed by atoms with Crippen LogP contribution in [0.5, 0.6) is 0 Å². The smallest absolute Gasteiger partial charge is 0.145 e. The number of hydrogen-bond donors (Lipinski definition) is 0. The lowest BCUT2D eigenvalue weighted by molar-refractivity contribution is 0.626. The van der Waals surface area contributed by atoms with Crippen LogP contribution in [0.1, 0.15) is 39.7 Å². The van der Waals surface area contributed by atoms with Crippen molar-refractivity contribution in [1.29, 1.82) is 0 Å². The van der Waals surface area contributed by atoms with E-state index in [1.54, 1.807) is 0 Å². The molecule has 0 aliphatic rings. The van der Waals surface area contributed by atoms with Crippen LogP contribution in [0.2, 0.25) is 0 Å². The fourth-order valence-corrected chi connectivity index (χ4v) is 2.62. The van der Waals surface area contributed by atoms with Crippen LogP contribution < -0.4 is 0 Å². The third-order valence-electron chi connectivity index (χ3n) is 2.25. The molecule has 100 valence electrons. The van der Waals surface area contributed by atoms with Gasteiger partial charge in [0.2, 0.25) is 0 Å². The van der Waals surface area contributed by atoms with E-state index in [4.69, 9.17) is 0 Å². The van der Waals surface area contributed by atoms with Crippen LogP contribution in [0, 0.1) is 9.39 Å². The molecule has 0 saturated carbocycles. The normalized spacial score (nSPS) is 14.7. The first-order valence-electron chi connectivity index (χ1n) is 5.70. The zero-order valence-electron chi connectivity index (χ0n) is 11.0. The molecule has 1 aromatic rings. The van der Waals surface area contributed by atoms with Gasteiger partial charge in [-0.1, -0.05) is 6.92 Å². The molecular weight excluding hydrogens is 364 g/mol. The van der Waals surface area contributed by atoms with Gasteiger partial charge in [-0.25, -0.2) is 8.60 Å². The predicted molar refractivity (Wildman–Crippen MR) is 83.8 cm³/mol. The van der Waals surface area contributed by atoms with E-state index in [2.05, 4.69) is 27.0 Å². The Bertz CT molecular complexity index is 474. The molecule has 5 heteroatoms. The van der Waals surface area contributed by atoms with Crippen LogP contribution in [0.25, 0.3) is 0 Å². The highest BCUT2D eigenvalue weighted by Crippen LogP contribution is 2.17. The molecular formula is C13H17FINOS. The van der Waals surface area contributed by atoms with Crippen molar-refractivity contribution in [3.05, 3.63) is 33.1 Å². The Morgan fingerprint density at radius 2 is 2.00 bits per heavy atom. The van der Waals surface area contributed by atoms with Gasteiger partial charge in [0.25, 0.3) is 0 Å². The van der Waals surface area contributed by atoms with Crippen LogP contribution in [0.15, 0.2) is 22.6 Å². The molecule has 1 rings (SSSR count). The first-order chi connectivity index (χ1) is 8.24. The third kappa shape index (κ3) is 4.42. The topological polar surface area (TPSA) is 29.4 Å². The quantitative estimate of drug-likeness (QED) is 0.573. The number of nitrogens with zero attached hydrogens (tertiary/aromatic N) is 1. The zero-order valence-corrected chi connectivity index (χ0v) is 13.9. The van der Waals surface area contributed by atoms with Gasteiger partial charge >= 0.3 is 0 Å². The van der Waals surface area contributed by atoms with Crippen molar-refractivity contribution in [3.8, 4) is 0 Å². The zero-order chi connectivity index (χ0) is 13.9. The summed E-state index contributed by atoms with van der Waals surface area (Å²) in [5.41, 5.74) is 1.39. The van der Waals surface area contributed by atoms with Crippen molar-refractivity contribution in [1.82, 2.24) is 0 Å². The Morgan fingerprint density at radius 3 is 2.44 bits per heavy atom. The molecule has 0 spiro atoms. The van der Waals surface area contributed by atoms with Crippen molar-refractivity contribution in [3.63, 3.8) is 0 Å². The van der Waals surface area contributed by atoms with Crippen LogP contribution in [-0.4, -0.2) is 14.7 Å².